The molecule has 0 atom stereocenters. The topological polar surface area (TPSA) is 125 Å². The van der Waals surface area contributed by atoms with Crippen LogP contribution in [0, 0.1) is 0 Å². The number of fused-ring (bicyclic) bond motifs is 3. The van der Waals surface area contributed by atoms with Crippen LogP contribution in [0.4, 0.5) is 11.6 Å². The van der Waals surface area contributed by atoms with E-state index >= 15 is 0 Å². The first-order chi connectivity index (χ1) is 20.8. The van der Waals surface area contributed by atoms with E-state index in [4.69, 9.17) is 29.2 Å². The van der Waals surface area contributed by atoms with E-state index in [0.717, 1.165) is 10.4 Å². The Morgan fingerprint density at radius 3 is 2.68 bits per heavy atom. The molecular weight excluding hydrogens is 474 g/mol. The van der Waals surface area contributed by atoms with Crippen molar-refractivity contribution in [1.82, 2.24) is 34.3 Å². The highest BCUT2D eigenvalue weighted by atomic mass is 16.5. The molecule has 12 heteroatoms. The largest absolute Gasteiger partial charge is 0.491 e. The van der Waals surface area contributed by atoms with Gasteiger partial charge in [0.2, 0.25) is 11.8 Å². The molecule has 0 radical (unpaired) electrons. The monoisotopic (exact) mass is 510 g/mol. The molecule has 5 aromatic rings. The van der Waals surface area contributed by atoms with Crippen LogP contribution in [0.2, 0.25) is 0 Å². The van der Waals surface area contributed by atoms with E-state index in [1.807, 2.05) is 17.0 Å². The summed E-state index contributed by atoms with van der Waals surface area (Å²) in [6.45, 7) is -6.27. The van der Waals surface area contributed by atoms with Crippen LogP contribution < -0.4 is 15.4 Å². The van der Waals surface area contributed by atoms with Crippen molar-refractivity contribution in [3.63, 3.8) is 0 Å². The minimum Gasteiger partial charge on any atom is -0.491 e. The zero-order valence-corrected chi connectivity index (χ0v) is 20.0. The van der Waals surface area contributed by atoms with Gasteiger partial charge < -0.3 is 24.5 Å². The van der Waals surface area contributed by atoms with Gasteiger partial charge in [-0.1, -0.05) is 0 Å². The average molecular weight is 511 g/mol. The standard InChI is InChI=1S/C25H29N9O3/c1-35-15-16-36-19-6-4-18(5-7-19)32-11-8-31(9-12-32)10-13-33-23-20(17-27-33)24-28-22(21-3-2-14-37-21)30-34(24)25(26)29-23/h2-7,14,17H,8-13,15-16H2,1H3,(H2,26,29)/i10D2,13D2,15D2,17D. The number of aromatic nitrogens is 6. The lowest BCUT2D eigenvalue weighted by atomic mass is 10.2. The Bertz CT molecular complexity index is 1780. The van der Waals surface area contributed by atoms with Gasteiger partial charge in [0.25, 0.3) is 0 Å². The van der Waals surface area contributed by atoms with Crippen LogP contribution in [-0.4, -0.2) is 87.2 Å². The minimum absolute atomic E-state index is 0.0692. The maximum atomic E-state index is 8.90. The number of piperazine rings is 1. The highest BCUT2D eigenvalue weighted by molar-refractivity contribution is 5.90. The van der Waals surface area contributed by atoms with E-state index in [0.29, 0.717) is 24.6 Å². The van der Waals surface area contributed by atoms with E-state index in [9.17, 15) is 0 Å². The number of furan rings is 1. The second kappa shape index (κ2) is 10.1. The molecule has 0 saturated carbocycles. The van der Waals surface area contributed by atoms with Crippen LogP contribution in [0.5, 0.6) is 5.75 Å². The molecule has 0 bridgehead atoms. The summed E-state index contributed by atoms with van der Waals surface area (Å²) in [5, 5.41) is 8.42. The third kappa shape index (κ3) is 4.68. The van der Waals surface area contributed by atoms with Crippen LogP contribution in [0.25, 0.3) is 28.3 Å². The quantitative estimate of drug-likeness (QED) is 0.315. The van der Waals surface area contributed by atoms with Crippen molar-refractivity contribution in [2.45, 2.75) is 6.50 Å². The van der Waals surface area contributed by atoms with Crippen LogP contribution in [0.1, 0.15) is 9.60 Å². The Morgan fingerprint density at radius 2 is 1.92 bits per heavy atom. The van der Waals surface area contributed by atoms with E-state index in [-0.39, 0.29) is 54.3 Å². The first-order valence-corrected chi connectivity index (χ1v) is 11.6. The number of anilines is 2. The fourth-order valence-corrected chi connectivity index (χ4v) is 4.05. The lowest BCUT2D eigenvalue weighted by Crippen LogP contribution is -2.47. The lowest BCUT2D eigenvalue weighted by molar-refractivity contribution is 0.146. The molecule has 1 saturated heterocycles. The Kier molecular flexibility index (Phi) is 4.51. The summed E-state index contributed by atoms with van der Waals surface area (Å²) in [6.07, 6.45) is 1.10. The van der Waals surface area contributed by atoms with Crippen molar-refractivity contribution >= 4 is 28.3 Å². The van der Waals surface area contributed by atoms with Gasteiger partial charge in [-0.15, -0.1) is 5.10 Å². The molecule has 1 aromatic carbocycles. The number of hydrogen-bond acceptors (Lipinski definition) is 10. The van der Waals surface area contributed by atoms with Crippen molar-refractivity contribution in [3.8, 4) is 17.3 Å². The summed E-state index contributed by atoms with van der Waals surface area (Å²) in [7, 11) is 1.27. The van der Waals surface area contributed by atoms with Gasteiger partial charge in [-0.25, -0.2) is 9.67 Å². The number of methoxy groups -OCH3 is 1. The summed E-state index contributed by atoms with van der Waals surface area (Å²) >= 11 is 0. The molecule has 1 aliphatic rings. The smallest absolute Gasteiger partial charge is 0.225 e. The average Bonchev–Trinajstić information content (AvgIpc) is 3.76. The van der Waals surface area contributed by atoms with E-state index < -0.39 is 19.6 Å². The fraction of sp³-hybridized carbons (Fsp3) is 0.360. The lowest BCUT2D eigenvalue weighted by Gasteiger charge is -2.36. The molecule has 0 spiro atoms. The fourth-order valence-electron chi connectivity index (χ4n) is 4.05. The number of hydrogen-bond donors (Lipinski definition) is 1. The molecule has 0 aliphatic carbocycles. The molecule has 37 heavy (non-hydrogen) atoms. The number of benzene rings is 1. The molecule has 0 amide bonds. The van der Waals surface area contributed by atoms with Gasteiger partial charge in [-0.2, -0.15) is 14.6 Å². The normalized spacial score (nSPS) is 18.6. The maximum Gasteiger partial charge on any atom is 0.225 e. The zero-order valence-electron chi connectivity index (χ0n) is 27.0. The second-order valence-electron chi connectivity index (χ2n) is 8.17. The predicted octanol–water partition coefficient (Wildman–Crippen LogP) is 2.16. The summed E-state index contributed by atoms with van der Waals surface area (Å²) in [6, 6.07) is 10.4. The molecule has 4 aromatic heterocycles. The third-order valence-electron chi connectivity index (χ3n) is 5.93. The molecule has 12 nitrogen and oxygen atoms in total. The SMILES string of the molecule is [2H]c1nn(C([2H])([2H])C([2H])([2H])N2CCN(c3ccc(OCC([2H])([2H])OC)cc3)CC2)c2nc(N)n3nc(-c4ccco4)nc3c12. The Morgan fingerprint density at radius 1 is 1.08 bits per heavy atom. The third-order valence-corrected chi connectivity index (χ3v) is 5.93. The van der Waals surface area contributed by atoms with Crippen LogP contribution in [-0.2, 0) is 11.2 Å². The number of ether oxygens (including phenoxy) is 2. The summed E-state index contributed by atoms with van der Waals surface area (Å²) in [4.78, 5) is 12.1. The van der Waals surface area contributed by atoms with Gasteiger partial charge in [0.05, 0.1) is 37.7 Å². The predicted molar refractivity (Wildman–Crippen MR) is 139 cm³/mol. The van der Waals surface area contributed by atoms with Gasteiger partial charge in [0, 0.05) is 48.2 Å². The van der Waals surface area contributed by atoms with Gasteiger partial charge >= 0.3 is 0 Å². The molecule has 2 N–H and O–H groups in total. The number of nitrogen functional groups attached to an aromatic ring is 1. The van der Waals surface area contributed by atoms with Crippen molar-refractivity contribution < 1.29 is 23.5 Å². The van der Waals surface area contributed by atoms with Crippen LogP contribution in [0.3, 0.4) is 0 Å². The van der Waals surface area contributed by atoms with Gasteiger partial charge in [0.15, 0.2) is 17.1 Å². The van der Waals surface area contributed by atoms with E-state index in [1.54, 1.807) is 24.3 Å². The van der Waals surface area contributed by atoms with Gasteiger partial charge in [-0.05, 0) is 36.4 Å². The molecular formula is C25H29N9O3. The zero-order chi connectivity index (χ0) is 31.4. The Balaban J connectivity index is 1.21. The van der Waals surface area contributed by atoms with E-state index in [2.05, 4.69) is 20.2 Å². The molecule has 1 fully saturated rings. The van der Waals surface area contributed by atoms with Crippen molar-refractivity contribution in [3.05, 3.63) is 48.8 Å². The van der Waals surface area contributed by atoms with Crippen molar-refractivity contribution in [2.75, 3.05) is 63.6 Å². The van der Waals surface area contributed by atoms with Crippen LogP contribution >= 0.6 is 0 Å². The Labute approximate surface area is 223 Å². The van der Waals surface area contributed by atoms with E-state index in [1.165, 1.54) is 22.8 Å². The second-order valence-corrected chi connectivity index (χ2v) is 8.17. The highest BCUT2D eigenvalue weighted by Gasteiger charge is 2.20. The summed E-state index contributed by atoms with van der Waals surface area (Å²) in [5.74, 6) is 0.891. The number of aryl methyl sites for hydroxylation is 1. The Hall–Kier alpha value is -4.16. The molecule has 0 unspecified atom stereocenters. The molecule has 1 aliphatic heterocycles. The van der Waals surface area contributed by atoms with Gasteiger partial charge in [-0.3, -0.25) is 4.90 Å². The van der Waals surface area contributed by atoms with Crippen LogP contribution in [0.15, 0.2) is 53.3 Å². The number of rotatable bonds is 9. The summed E-state index contributed by atoms with van der Waals surface area (Å²) in [5.41, 5.74) is 6.98. The van der Waals surface area contributed by atoms with Crippen molar-refractivity contribution in [2.24, 2.45) is 0 Å². The highest BCUT2D eigenvalue weighted by Crippen LogP contribution is 2.24. The minimum atomic E-state index is -2.76. The summed E-state index contributed by atoms with van der Waals surface area (Å²) < 4.78 is 76.8. The molecule has 5 heterocycles. The first kappa shape index (κ1) is 16.6. The number of nitrogens with two attached hydrogens (primary N) is 1. The first-order valence-electron chi connectivity index (χ1n) is 15.1. The van der Waals surface area contributed by atoms with Crippen molar-refractivity contribution in [1.29, 1.82) is 0 Å². The molecule has 6 rings (SSSR count). The number of nitrogens with zero attached hydrogens (tertiary/aromatic N) is 8. The maximum absolute atomic E-state index is 8.90. The van der Waals surface area contributed by atoms with Gasteiger partial charge in [0.1, 0.15) is 12.4 Å². The molecule has 192 valence electrons.